The van der Waals surface area contributed by atoms with E-state index in [0.29, 0.717) is 0 Å². The molecule has 6 heteroatoms. The number of hydrogen-bond donors (Lipinski definition) is 2. The second-order valence-corrected chi connectivity index (χ2v) is 4.97. The second-order valence-electron chi connectivity index (χ2n) is 3.79. The van der Waals surface area contributed by atoms with E-state index in [2.05, 4.69) is 27.6 Å². The maximum atomic E-state index is 11.1. The first kappa shape index (κ1) is 9.26. The van der Waals surface area contributed by atoms with Crippen LogP contribution in [0.3, 0.4) is 0 Å². The molecule has 2 atom stereocenters. The fourth-order valence-electron chi connectivity index (χ4n) is 2.02. The molecule has 80 valence electrons. The number of amides is 1. The summed E-state index contributed by atoms with van der Waals surface area (Å²) in [5.74, 6) is -0.291. The predicted octanol–water partition coefficient (Wildman–Crippen LogP) is -0.596. The summed E-state index contributed by atoms with van der Waals surface area (Å²) in [6.07, 6.45) is 6.23. The van der Waals surface area contributed by atoms with Gasteiger partial charge in [-0.3, -0.25) is 15.1 Å². The molecule has 1 saturated heterocycles. The third-order valence-electron chi connectivity index (χ3n) is 2.76. The van der Waals surface area contributed by atoms with Gasteiger partial charge in [-0.25, -0.2) is 5.01 Å². The molecule has 3 heterocycles. The van der Waals surface area contributed by atoms with Gasteiger partial charge in [-0.2, -0.15) is 0 Å². The molecule has 0 saturated carbocycles. The number of carbonyl (C=O) groups is 1. The monoisotopic (exact) mass is 224 g/mol. The Morgan fingerprint density at radius 2 is 2.53 bits per heavy atom. The molecule has 1 fully saturated rings. The Labute approximate surface area is 91.9 Å². The van der Waals surface area contributed by atoms with E-state index in [1.165, 1.54) is 16.7 Å². The van der Waals surface area contributed by atoms with Crippen molar-refractivity contribution in [3.8, 4) is 0 Å². The summed E-state index contributed by atoms with van der Waals surface area (Å²) in [7, 11) is 0. The number of fused-ring (bicyclic) bond motifs is 2. The van der Waals surface area contributed by atoms with Gasteiger partial charge in [-0.05, 0) is 0 Å². The van der Waals surface area contributed by atoms with Gasteiger partial charge in [0.15, 0.2) is 0 Å². The van der Waals surface area contributed by atoms with E-state index in [4.69, 9.17) is 5.73 Å². The number of carbonyl (C=O) groups excluding carboxylic acids is 1. The summed E-state index contributed by atoms with van der Waals surface area (Å²) in [4.78, 5) is 12.3. The lowest BCUT2D eigenvalue weighted by Crippen LogP contribution is -2.48. The molecular formula is C9H12N4OS. The van der Waals surface area contributed by atoms with Crippen LogP contribution in [0.25, 0.3) is 0 Å². The van der Waals surface area contributed by atoms with E-state index in [0.717, 1.165) is 13.1 Å². The van der Waals surface area contributed by atoms with Gasteiger partial charge in [0.05, 0.1) is 6.04 Å². The molecule has 2 unspecified atom stereocenters. The van der Waals surface area contributed by atoms with Gasteiger partial charge in [0.25, 0.3) is 0 Å². The van der Waals surface area contributed by atoms with Crippen molar-refractivity contribution in [2.24, 2.45) is 5.73 Å². The van der Waals surface area contributed by atoms with Crippen molar-refractivity contribution in [2.45, 2.75) is 11.4 Å². The van der Waals surface area contributed by atoms with Crippen LogP contribution in [0.1, 0.15) is 0 Å². The smallest absolute Gasteiger partial charge is 0.245 e. The molecule has 5 nitrogen and oxygen atoms in total. The van der Waals surface area contributed by atoms with E-state index in [1.807, 2.05) is 6.20 Å². The van der Waals surface area contributed by atoms with Gasteiger partial charge in [0.1, 0.15) is 5.37 Å². The van der Waals surface area contributed by atoms with Crippen LogP contribution in [0.2, 0.25) is 0 Å². The minimum absolute atomic E-state index is 0.253. The number of thioether (sulfide) groups is 1. The van der Waals surface area contributed by atoms with Crippen molar-refractivity contribution in [1.29, 1.82) is 0 Å². The third-order valence-corrected chi connectivity index (χ3v) is 4.03. The number of hydrogen-bond acceptors (Lipinski definition) is 5. The van der Waals surface area contributed by atoms with Crippen molar-refractivity contribution in [3.05, 3.63) is 23.4 Å². The van der Waals surface area contributed by atoms with Gasteiger partial charge in [-0.1, -0.05) is 17.8 Å². The standard InChI is InChI=1S/C9H12N4OS/c10-8(14)9-11-6-4-12-2-1-3-13(12)5-7(6)15-9/h1,3,5-6,9,11H,2,4H2,(H2,10,14). The number of primary amides is 1. The molecule has 3 aliphatic rings. The fourth-order valence-corrected chi connectivity index (χ4v) is 3.12. The van der Waals surface area contributed by atoms with Crippen LogP contribution in [0, 0.1) is 0 Å². The van der Waals surface area contributed by atoms with Crippen LogP contribution < -0.4 is 11.1 Å². The quantitative estimate of drug-likeness (QED) is 0.623. The third kappa shape index (κ3) is 1.45. The lowest BCUT2D eigenvalue weighted by Gasteiger charge is -2.33. The normalized spacial score (nSPS) is 33.9. The number of rotatable bonds is 1. The zero-order valence-electron chi connectivity index (χ0n) is 8.09. The number of nitrogens with zero attached hydrogens (tertiary/aromatic N) is 2. The molecule has 0 aliphatic carbocycles. The molecule has 0 aromatic rings. The first-order valence-corrected chi connectivity index (χ1v) is 5.75. The summed E-state index contributed by atoms with van der Waals surface area (Å²) in [5.41, 5.74) is 5.28. The molecule has 0 spiro atoms. The molecule has 3 N–H and O–H groups in total. The Morgan fingerprint density at radius 1 is 1.67 bits per heavy atom. The maximum Gasteiger partial charge on any atom is 0.245 e. The zero-order chi connectivity index (χ0) is 10.4. The largest absolute Gasteiger partial charge is 0.368 e. The van der Waals surface area contributed by atoms with Gasteiger partial charge in [0.2, 0.25) is 5.91 Å². The lowest BCUT2D eigenvalue weighted by atomic mass is 10.2. The molecule has 0 radical (unpaired) electrons. The fraction of sp³-hybridized carbons (Fsp3) is 0.444. The highest BCUT2D eigenvalue weighted by Crippen LogP contribution is 2.35. The second kappa shape index (κ2) is 3.26. The summed E-state index contributed by atoms with van der Waals surface area (Å²) < 4.78 is 0. The Kier molecular flexibility index (Phi) is 2.01. The summed E-state index contributed by atoms with van der Waals surface area (Å²) in [6.45, 7) is 1.84. The van der Waals surface area contributed by atoms with Crippen LogP contribution in [0.4, 0.5) is 0 Å². The Hall–Kier alpha value is -0.980. The molecular weight excluding hydrogens is 212 g/mol. The Bertz CT molecular complexity index is 367. The Morgan fingerprint density at radius 3 is 3.33 bits per heavy atom. The van der Waals surface area contributed by atoms with E-state index in [-0.39, 0.29) is 17.3 Å². The van der Waals surface area contributed by atoms with Gasteiger partial charge >= 0.3 is 0 Å². The number of hydrazine groups is 1. The van der Waals surface area contributed by atoms with Crippen molar-refractivity contribution in [1.82, 2.24) is 15.3 Å². The average molecular weight is 224 g/mol. The molecule has 3 aliphatic heterocycles. The maximum absolute atomic E-state index is 11.1. The van der Waals surface area contributed by atoms with Crippen LogP contribution in [-0.2, 0) is 4.79 Å². The molecule has 0 aromatic carbocycles. The minimum atomic E-state index is -0.291. The van der Waals surface area contributed by atoms with Gasteiger partial charge in [-0.15, -0.1) is 0 Å². The highest BCUT2D eigenvalue weighted by atomic mass is 32.2. The highest BCUT2D eigenvalue weighted by Gasteiger charge is 2.37. The number of nitrogens with one attached hydrogen (secondary N) is 1. The lowest BCUT2D eigenvalue weighted by molar-refractivity contribution is -0.118. The van der Waals surface area contributed by atoms with E-state index in [1.54, 1.807) is 0 Å². The summed E-state index contributed by atoms with van der Waals surface area (Å²) in [6, 6.07) is 0.253. The molecule has 1 amide bonds. The van der Waals surface area contributed by atoms with Gasteiger partial charge in [0, 0.05) is 30.4 Å². The van der Waals surface area contributed by atoms with E-state index >= 15 is 0 Å². The van der Waals surface area contributed by atoms with Crippen molar-refractivity contribution < 1.29 is 4.79 Å². The SMILES string of the molecule is NC(=O)C1NC2CN3CC=CN3C=C2S1. The Balaban J connectivity index is 1.82. The van der Waals surface area contributed by atoms with Crippen molar-refractivity contribution in [2.75, 3.05) is 13.1 Å². The average Bonchev–Trinajstić information content (AvgIpc) is 2.77. The predicted molar refractivity (Wildman–Crippen MR) is 58.1 cm³/mol. The van der Waals surface area contributed by atoms with Crippen LogP contribution in [0.15, 0.2) is 23.4 Å². The molecule has 15 heavy (non-hydrogen) atoms. The van der Waals surface area contributed by atoms with E-state index < -0.39 is 0 Å². The first-order valence-electron chi connectivity index (χ1n) is 4.87. The van der Waals surface area contributed by atoms with Gasteiger partial charge < -0.3 is 5.73 Å². The van der Waals surface area contributed by atoms with Crippen LogP contribution in [0.5, 0.6) is 0 Å². The van der Waals surface area contributed by atoms with Crippen molar-refractivity contribution in [3.63, 3.8) is 0 Å². The van der Waals surface area contributed by atoms with Crippen LogP contribution >= 0.6 is 11.8 Å². The molecule has 3 rings (SSSR count). The first-order chi connectivity index (χ1) is 7.24. The van der Waals surface area contributed by atoms with Crippen LogP contribution in [-0.4, -0.2) is 40.4 Å². The topological polar surface area (TPSA) is 61.6 Å². The van der Waals surface area contributed by atoms with Crippen molar-refractivity contribution >= 4 is 17.7 Å². The molecule has 0 bridgehead atoms. The molecule has 0 aromatic heterocycles. The summed E-state index contributed by atoms with van der Waals surface area (Å²) in [5, 5.41) is 7.24. The minimum Gasteiger partial charge on any atom is -0.368 e. The highest BCUT2D eigenvalue weighted by molar-refractivity contribution is 8.04. The summed E-state index contributed by atoms with van der Waals surface area (Å²) >= 11 is 1.52. The number of nitrogens with two attached hydrogens (primary N) is 1. The van der Waals surface area contributed by atoms with E-state index in [9.17, 15) is 4.79 Å². The zero-order valence-corrected chi connectivity index (χ0v) is 8.91.